The number of unbranched alkanes of at least 4 members (excludes halogenated alkanes) is 2. The van der Waals surface area contributed by atoms with Crippen LogP contribution in [-0.4, -0.2) is 7.28 Å². The highest BCUT2D eigenvalue weighted by atomic mass is 15.2. The molecule has 2 aliphatic rings. The van der Waals surface area contributed by atoms with Gasteiger partial charge in [-0.05, 0) is 146 Å². The van der Waals surface area contributed by atoms with Gasteiger partial charge in [0, 0.05) is 34.0 Å². The molecule has 0 fully saturated rings. The highest BCUT2D eigenvalue weighted by molar-refractivity contribution is 6.73. The van der Waals surface area contributed by atoms with Gasteiger partial charge in [0.1, 0.15) is 0 Å². The number of nitrogens with one attached hydrogen (secondary N) is 1. The zero-order valence-corrected chi connectivity index (χ0v) is 39.1. The lowest BCUT2D eigenvalue weighted by molar-refractivity contribution is 0.332. The maximum absolute atomic E-state index is 3.98. The van der Waals surface area contributed by atoms with Gasteiger partial charge in [-0.3, -0.25) is 0 Å². The van der Waals surface area contributed by atoms with Gasteiger partial charge in [0.25, 0.3) is 0 Å². The van der Waals surface area contributed by atoms with E-state index in [1.54, 1.807) is 0 Å². The molecule has 0 bridgehead atoms. The summed E-state index contributed by atoms with van der Waals surface area (Å²) in [7, 11) is 0.860. The number of nitrogens with zero attached hydrogens (tertiary/aromatic N) is 1. The van der Waals surface area contributed by atoms with Crippen LogP contribution in [0.2, 0.25) is 0 Å². The van der Waals surface area contributed by atoms with Crippen LogP contribution >= 0.6 is 0 Å². The SMILES string of the molecule is CCCCCc1cc(-c2ccc(-c3ccccc3)cc2Nc2ccc(-c3ccccc3)cc2)c2c(c1)N(c1cc(-c3ccccc3)ccc1C)c1cc3c(cc1B2)C(C)(C)CCC3(C)C. The molecule has 0 spiro atoms. The van der Waals surface area contributed by atoms with E-state index in [2.05, 4.69) is 228 Å². The normalized spacial score (nSPS) is 14.5. The first-order valence-electron chi connectivity index (χ1n) is 24.0. The summed E-state index contributed by atoms with van der Waals surface area (Å²) in [6, 6.07) is 65.7. The Morgan fingerprint density at radius 2 is 1.06 bits per heavy atom. The van der Waals surface area contributed by atoms with E-state index in [1.165, 1.54) is 120 Å². The largest absolute Gasteiger partial charge is 0.355 e. The average Bonchev–Trinajstić information content (AvgIpc) is 3.33. The summed E-state index contributed by atoms with van der Waals surface area (Å²) >= 11 is 0. The van der Waals surface area contributed by atoms with Gasteiger partial charge in [0.05, 0.1) is 0 Å². The Hall–Kier alpha value is -6.58. The van der Waals surface area contributed by atoms with Crippen molar-refractivity contribution in [1.29, 1.82) is 0 Å². The predicted octanol–water partition coefficient (Wildman–Crippen LogP) is 15.7. The van der Waals surface area contributed by atoms with Crippen molar-refractivity contribution in [2.75, 3.05) is 10.2 Å². The molecule has 3 heteroatoms. The molecule has 0 saturated carbocycles. The van der Waals surface area contributed by atoms with Gasteiger partial charge < -0.3 is 10.2 Å². The molecule has 1 aliphatic carbocycles. The molecule has 0 unspecified atom stereocenters. The molecule has 8 aromatic carbocycles. The molecule has 0 aromatic heterocycles. The second kappa shape index (κ2) is 17.4. The smallest absolute Gasteiger partial charge is 0.198 e. The Morgan fingerprint density at radius 3 is 1.69 bits per heavy atom. The van der Waals surface area contributed by atoms with Gasteiger partial charge in [-0.2, -0.15) is 0 Å². The van der Waals surface area contributed by atoms with Crippen molar-refractivity contribution in [2.45, 2.75) is 90.9 Å². The molecule has 10 rings (SSSR count). The molecule has 0 radical (unpaired) electrons. The number of rotatable bonds is 11. The number of fused-ring (bicyclic) bond motifs is 3. The molecule has 0 amide bonds. The van der Waals surface area contributed by atoms with E-state index in [4.69, 9.17) is 0 Å². The van der Waals surface area contributed by atoms with E-state index < -0.39 is 0 Å². The Labute approximate surface area is 388 Å². The van der Waals surface area contributed by atoms with Crippen molar-refractivity contribution in [2.24, 2.45) is 0 Å². The van der Waals surface area contributed by atoms with Crippen LogP contribution in [0, 0.1) is 6.92 Å². The minimum atomic E-state index is 0.0836. The lowest BCUT2D eigenvalue weighted by Gasteiger charge is -2.44. The molecule has 1 heterocycles. The Kier molecular flexibility index (Phi) is 11.4. The van der Waals surface area contributed by atoms with Crippen LogP contribution in [0.4, 0.5) is 28.4 Å². The van der Waals surface area contributed by atoms with Gasteiger partial charge in [0.2, 0.25) is 0 Å². The van der Waals surface area contributed by atoms with E-state index in [9.17, 15) is 0 Å². The van der Waals surface area contributed by atoms with Gasteiger partial charge in [-0.25, -0.2) is 0 Å². The Balaban J connectivity index is 1.21. The lowest BCUT2D eigenvalue weighted by Crippen LogP contribution is -2.44. The summed E-state index contributed by atoms with van der Waals surface area (Å²) in [5, 5.41) is 3.98. The number of anilines is 5. The van der Waals surface area contributed by atoms with Gasteiger partial charge in [-0.15, -0.1) is 0 Å². The Bertz CT molecular complexity index is 2980. The third kappa shape index (κ3) is 8.34. The third-order valence-electron chi connectivity index (χ3n) is 14.5. The molecule has 1 N–H and O–H groups in total. The number of aryl methyl sites for hydroxylation is 2. The van der Waals surface area contributed by atoms with Crippen LogP contribution in [0.5, 0.6) is 0 Å². The van der Waals surface area contributed by atoms with E-state index in [0.717, 1.165) is 31.5 Å². The van der Waals surface area contributed by atoms with Crippen LogP contribution in [-0.2, 0) is 17.3 Å². The number of benzene rings is 8. The van der Waals surface area contributed by atoms with Crippen molar-refractivity contribution < 1.29 is 0 Å². The zero-order valence-electron chi connectivity index (χ0n) is 39.1. The fourth-order valence-electron chi connectivity index (χ4n) is 10.5. The summed E-state index contributed by atoms with van der Waals surface area (Å²) in [6.07, 6.45) is 6.97. The van der Waals surface area contributed by atoms with Crippen LogP contribution in [0.3, 0.4) is 0 Å². The Morgan fingerprint density at radius 1 is 0.508 bits per heavy atom. The first kappa shape index (κ1) is 42.4. The van der Waals surface area contributed by atoms with Gasteiger partial charge >= 0.3 is 0 Å². The molecular weight excluding hydrogens is 784 g/mol. The standard InChI is InChI=1S/C62H61BN2/c1-7-8-12-19-43-36-52(51-33-30-48(45-22-15-10-16-23-45)38-56(51)64-50-31-28-47(29-32-50)44-20-13-9-14-21-44)60-59(37-43)65(57-39-49(27-26-42(57)2)46-24-17-11-18-25-46)58-41-54-53(40-55(58)63-60)61(3,4)34-35-62(54,5)6/h9-11,13-18,20-33,36-41,63-64H,7-8,12,19,34-35H2,1-6H3. The molecule has 65 heavy (non-hydrogen) atoms. The number of hydrogen-bond donors (Lipinski definition) is 1. The van der Waals surface area contributed by atoms with Crippen molar-refractivity contribution >= 4 is 46.6 Å². The average molecular weight is 845 g/mol. The van der Waals surface area contributed by atoms with Crippen molar-refractivity contribution in [3.8, 4) is 44.5 Å². The van der Waals surface area contributed by atoms with Crippen molar-refractivity contribution in [3.05, 3.63) is 198 Å². The molecule has 1 aliphatic heterocycles. The maximum atomic E-state index is 3.98. The first-order chi connectivity index (χ1) is 31.6. The molecule has 8 aromatic rings. The zero-order chi connectivity index (χ0) is 44.7. The van der Waals surface area contributed by atoms with Crippen LogP contribution in [0.25, 0.3) is 44.5 Å². The summed E-state index contributed by atoms with van der Waals surface area (Å²) < 4.78 is 0. The third-order valence-corrected chi connectivity index (χ3v) is 14.5. The lowest BCUT2D eigenvalue weighted by atomic mass is 9.55. The minimum Gasteiger partial charge on any atom is -0.355 e. The summed E-state index contributed by atoms with van der Waals surface area (Å²) in [6.45, 7) is 14.4. The van der Waals surface area contributed by atoms with Crippen LogP contribution in [0.15, 0.2) is 176 Å². The fourth-order valence-corrected chi connectivity index (χ4v) is 10.5. The summed E-state index contributed by atoms with van der Waals surface area (Å²) in [4.78, 5) is 2.66. The van der Waals surface area contributed by atoms with Crippen LogP contribution in [0.1, 0.15) is 89.0 Å². The maximum Gasteiger partial charge on any atom is 0.198 e. The van der Waals surface area contributed by atoms with E-state index in [0.29, 0.717) is 0 Å². The second-order valence-electron chi connectivity index (χ2n) is 20.0. The van der Waals surface area contributed by atoms with Crippen molar-refractivity contribution in [3.63, 3.8) is 0 Å². The topological polar surface area (TPSA) is 15.3 Å². The van der Waals surface area contributed by atoms with Crippen molar-refractivity contribution in [1.82, 2.24) is 0 Å². The molecule has 0 saturated heterocycles. The van der Waals surface area contributed by atoms with E-state index in [-0.39, 0.29) is 10.8 Å². The predicted molar refractivity (Wildman–Crippen MR) is 282 cm³/mol. The van der Waals surface area contributed by atoms with Crippen LogP contribution < -0.4 is 21.1 Å². The highest BCUT2D eigenvalue weighted by Gasteiger charge is 2.40. The van der Waals surface area contributed by atoms with E-state index >= 15 is 0 Å². The van der Waals surface area contributed by atoms with E-state index in [1.807, 2.05) is 0 Å². The first-order valence-corrected chi connectivity index (χ1v) is 24.0. The minimum absolute atomic E-state index is 0.0836. The molecule has 0 atom stereocenters. The molecule has 322 valence electrons. The second-order valence-corrected chi connectivity index (χ2v) is 20.0. The van der Waals surface area contributed by atoms with Gasteiger partial charge in [-0.1, -0.05) is 192 Å². The number of hydrogen-bond acceptors (Lipinski definition) is 2. The highest BCUT2D eigenvalue weighted by Crippen LogP contribution is 2.49. The summed E-state index contributed by atoms with van der Waals surface area (Å²) in [5.74, 6) is 0. The van der Waals surface area contributed by atoms with Gasteiger partial charge in [0.15, 0.2) is 7.28 Å². The monoisotopic (exact) mass is 844 g/mol. The molecular formula is C62H61BN2. The fraction of sp³-hybridized carbons (Fsp3) is 0.226. The molecule has 2 nitrogen and oxygen atoms in total. The quantitative estimate of drug-likeness (QED) is 0.103. The summed E-state index contributed by atoms with van der Waals surface area (Å²) in [5.41, 5.74) is 24.5.